The molecule has 2 aromatic rings. The van der Waals surface area contributed by atoms with E-state index in [0.717, 1.165) is 0 Å². The summed E-state index contributed by atoms with van der Waals surface area (Å²) in [6.45, 7) is 1.34. The van der Waals surface area contributed by atoms with Crippen LogP contribution in [-0.2, 0) is 11.3 Å². The van der Waals surface area contributed by atoms with Gasteiger partial charge in [0.15, 0.2) is 6.61 Å². The maximum absolute atomic E-state index is 12.8. The molecule has 1 aliphatic rings. The molecule has 3 heterocycles. The molecular formula is C19H19F3N4O4. The van der Waals surface area contributed by atoms with E-state index in [4.69, 9.17) is 9.84 Å². The van der Waals surface area contributed by atoms with E-state index in [9.17, 15) is 22.8 Å². The molecule has 0 bridgehead atoms. The van der Waals surface area contributed by atoms with E-state index in [-0.39, 0.29) is 24.1 Å². The standard InChI is InChI=1S/C19H19F3N4O4/c1-10-5-12(6-24-17(10)30-9-19(20,21)22)11(2)26-7-14-13(18(26)29)3-4-23-16(14)25-15(28)8-27/h3-6,11,27H,7-9H2,1-2H3,(H,23,25,28). The number of aliphatic hydroxyl groups excluding tert-OH is 1. The third-order valence-corrected chi connectivity index (χ3v) is 4.65. The molecule has 2 aromatic heterocycles. The average molecular weight is 424 g/mol. The Morgan fingerprint density at radius 1 is 1.40 bits per heavy atom. The molecule has 0 saturated carbocycles. The summed E-state index contributed by atoms with van der Waals surface area (Å²) >= 11 is 0. The van der Waals surface area contributed by atoms with E-state index >= 15 is 0 Å². The number of aromatic nitrogens is 2. The summed E-state index contributed by atoms with van der Waals surface area (Å²) in [6, 6.07) is 2.71. The first-order valence-electron chi connectivity index (χ1n) is 8.96. The summed E-state index contributed by atoms with van der Waals surface area (Å²) in [6.07, 6.45) is -1.71. The van der Waals surface area contributed by atoms with Crippen molar-refractivity contribution in [1.82, 2.24) is 14.9 Å². The van der Waals surface area contributed by atoms with Crippen LogP contribution in [0.5, 0.6) is 5.88 Å². The van der Waals surface area contributed by atoms with Gasteiger partial charge in [0.25, 0.3) is 11.8 Å². The van der Waals surface area contributed by atoms with Crippen molar-refractivity contribution in [2.24, 2.45) is 0 Å². The third-order valence-electron chi connectivity index (χ3n) is 4.65. The van der Waals surface area contributed by atoms with Crippen LogP contribution >= 0.6 is 0 Å². The van der Waals surface area contributed by atoms with Crippen molar-refractivity contribution in [2.45, 2.75) is 32.6 Å². The minimum atomic E-state index is -4.47. The topological polar surface area (TPSA) is 105 Å². The maximum atomic E-state index is 12.8. The molecule has 0 saturated heterocycles. The molecule has 0 aromatic carbocycles. The quantitative estimate of drug-likeness (QED) is 0.738. The number of carbonyl (C=O) groups excluding carboxylic acids is 2. The summed E-state index contributed by atoms with van der Waals surface area (Å²) in [5.74, 6) is -0.865. The molecule has 1 atom stereocenters. The molecule has 0 spiro atoms. The number of ether oxygens (including phenoxy) is 1. The van der Waals surface area contributed by atoms with Gasteiger partial charge in [-0.05, 0) is 31.5 Å². The molecule has 2 amide bonds. The second kappa shape index (κ2) is 8.27. The van der Waals surface area contributed by atoms with Crippen LogP contribution in [0.4, 0.5) is 19.0 Å². The number of hydrogen-bond acceptors (Lipinski definition) is 6. The normalized spacial score (nSPS) is 14.5. The number of alkyl halides is 3. The summed E-state index contributed by atoms with van der Waals surface area (Å²) in [5, 5.41) is 11.4. The van der Waals surface area contributed by atoms with Gasteiger partial charge in [-0.1, -0.05) is 0 Å². The van der Waals surface area contributed by atoms with Crippen molar-refractivity contribution in [3.8, 4) is 5.88 Å². The Balaban J connectivity index is 1.80. The lowest BCUT2D eigenvalue weighted by Gasteiger charge is -2.25. The van der Waals surface area contributed by atoms with Gasteiger partial charge in [0, 0.05) is 29.1 Å². The van der Waals surface area contributed by atoms with Crippen LogP contribution in [0.25, 0.3) is 0 Å². The van der Waals surface area contributed by atoms with Crippen molar-refractivity contribution in [3.63, 3.8) is 0 Å². The van der Waals surface area contributed by atoms with Crippen LogP contribution in [0.3, 0.4) is 0 Å². The second-order valence-corrected chi connectivity index (χ2v) is 6.80. The van der Waals surface area contributed by atoms with Crippen LogP contribution in [-0.4, -0.2) is 51.2 Å². The highest BCUT2D eigenvalue weighted by Crippen LogP contribution is 2.34. The molecular weight excluding hydrogens is 405 g/mol. The van der Waals surface area contributed by atoms with Gasteiger partial charge in [-0.15, -0.1) is 0 Å². The zero-order chi connectivity index (χ0) is 22.1. The molecule has 0 fully saturated rings. The van der Waals surface area contributed by atoms with Crippen molar-refractivity contribution in [3.05, 3.63) is 46.8 Å². The fraction of sp³-hybridized carbons (Fsp3) is 0.368. The highest BCUT2D eigenvalue weighted by Gasteiger charge is 2.34. The van der Waals surface area contributed by atoms with Gasteiger partial charge in [-0.25, -0.2) is 9.97 Å². The number of aliphatic hydroxyl groups is 1. The summed E-state index contributed by atoms with van der Waals surface area (Å²) < 4.78 is 41.8. The molecule has 1 unspecified atom stereocenters. The Morgan fingerprint density at radius 2 is 2.13 bits per heavy atom. The monoisotopic (exact) mass is 424 g/mol. The van der Waals surface area contributed by atoms with E-state index in [1.807, 2.05) is 0 Å². The Bertz CT molecular complexity index is 981. The minimum absolute atomic E-state index is 0.127. The molecule has 160 valence electrons. The highest BCUT2D eigenvalue weighted by atomic mass is 19.4. The molecule has 1 aliphatic heterocycles. The molecule has 30 heavy (non-hydrogen) atoms. The van der Waals surface area contributed by atoms with E-state index in [2.05, 4.69) is 15.3 Å². The zero-order valence-electron chi connectivity index (χ0n) is 16.2. The first-order valence-corrected chi connectivity index (χ1v) is 8.96. The van der Waals surface area contributed by atoms with Gasteiger partial charge in [0.1, 0.15) is 12.4 Å². The summed E-state index contributed by atoms with van der Waals surface area (Å²) in [5.41, 5.74) is 1.91. The highest BCUT2D eigenvalue weighted by molar-refractivity contribution is 6.01. The number of halogens is 3. The van der Waals surface area contributed by atoms with Gasteiger partial charge in [-0.3, -0.25) is 9.59 Å². The number of pyridine rings is 2. The molecule has 2 N–H and O–H groups in total. The van der Waals surface area contributed by atoms with Crippen molar-refractivity contribution in [1.29, 1.82) is 0 Å². The number of hydrogen-bond donors (Lipinski definition) is 2. The Morgan fingerprint density at radius 3 is 2.77 bits per heavy atom. The first kappa shape index (κ1) is 21.5. The van der Waals surface area contributed by atoms with Gasteiger partial charge < -0.3 is 20.1 Å². The van der Waals surface area contributed by atoms with Gasteiger partial charge in [0.05, 0.1) is 12.6 Å². The lowest BCUT2D eigenvalue weighted by Crippen LogP contribution is -2.27. The van der Waals surface area contributed by atoms with Gasteiger partial charge in [0.2, 0.25) is 5.88 Å². The smallest absolute Gasteiger partial charge is 0.422 e. The predicted octanol–water partition coefficient (Wildman–Crippen LogP) is 2.37. The van der Waals surface area contributed by atoms with Crippen LogP contribution in [0, 0.1) is 6.92 Å². The SMILES string of the molecule is Cc1cc(C(C)N2Cc3c(ccnc3NC(=O)CO)C2=O)cnc1OCC(F)(F)F. The van der Waals surface area contributed by atoms with Crippen LogP contribution in [0.2, 0.25) is 0 Å². The zero-order valence-corrected chi connectivity index (χ0v) is 16.2. The van der Waals surface area contributed by atoms with Crippen molar-refractivity contribution < 1.29 is 32.6 Å². The number of carbonyl (C=O) groups is 2. The number of fused-ring (bicyclic) bond motifs is 1. The number of nitrogens with zero attached hydrogens (tertiary/aromatic N) is 3. The van der Waals surface area contributed by atoms with Crippen LogP contribution < -0.4 is 10.1 Å². The van der Waals surface area contributed by atoms with E-state index in [1.54, 1.807) is 19.9 Å². The number of nitrogens with one attached hydrogen (secondary N) is 1. The molecule has 11 heteroatoms. The second-order valence-electron chi connectivity index (χ2n) is 6.80. The van der Waals surface area contributed by atoms with Gasteiger partial charge in [-0.2, -0.15) is 13.2 Å². The lowest BCUT2D eigenvalue weighted by atomic mass is 10.1. The molecule has 3 rings (SSSR count). The number of anilines is 1. The Hall–Kier alpha value is -3.21. The van der Waals surface area contributed by atoms with Crippen LogP contribution in [0.1, 0.15) is 40.0 Å². The lowest BCUT2D eigenvalue weighted by molar-refractivity contribution is -0.154. The average Bonchev–Trinajstić information content (AvgIpc) is 3.03. The van der Waals surface area contributed by atoms with Crippen molar-refractivity contribution in [2.75, 3.05) is 18.5 Å². The Kier molecular flexibility index (Phi) is 5.92. The molecule has 0 radical (unpaired) electrons. The van der Waals surface area contributed by atoms with Gasteiger partial charge >= 0.3 is 6.18 Å². The molecule has 0 aliphatic carbocycles. The van der Waals surface area contributed by atoms with E-state index in [0.29, 0.717) is 22.3 Å². The van der Waals surface area contributed by atoms with Crippen molar-refractivity contribution >= 4 is 17.6 Å². The number of amides is 2. The Labute approximate surface area is 169 Å². The maximum Gasteiger partial charge on any atom is 0.422 e. The van der Waals surface area contributed by atoms with E-state index < -0.39 is 31.3 Å². The fourth-order valence-corrected chi connectivity index (χ4v) is 3.14. The predicted molar refractivity (Wildman–Crippen MR) is 98.8 cm³/mol. The summed E-state index contributed by atoms with van der Waals surface area (Å²) in [4.78, 5) is 33.9. The molecule has 8 nitrogen and oxygen atoms in total. The van der Waals surface area contributed by atoms with Crippen LogP contribution in [0.15, 0.2) is 24.5 Å². The first-order chi connectivity index (χ1) is 14.1. The fourth-order valence-electron chi connectivity index (χ4n) is 3.14. The minimum Gasteiger partial charge on any atom is -0.468 e. The number of aryl methyl sites for hydroxylation is 1. The summed E-state index contributed by atoms with van der Waals surface area (Å²) in [7, 11) is 0. The third kappa shape index (κ3) is 4.51. The largest absolute Gasteiger partial charge is 0.468 e. The number of rotatable bonds is 6. The van der Waals surface area contributed by atoms with E-state index in [1.165, 1.54) is 23.4 Å².